The standard InChI is InChI=1S/C22H21F2N3OS/c1-11-17(14-6-4-13(5-7-14)16(10-25-3)21(23)24)18-15-8-9-29-20(15)22(28)27-19(18)12(2)26-11/h4-9,16,21,25H,10H2,1-3H3,(H,27,28)/t16-/m0/s1. The fraction of sp³-hybridized carbons (Fsp3) is 0.273. The van der Waals surface area contributed by atoms with Gasteiger partial charge in [-0.3, -0.25) is 9.78 Å². The third-order valence-electron chi connectivity index (χ3n) is 5.29. The predicted molar refractivity (Wildman–Crippen MR) is 115 cm³/mol. The maximum absolute atomic E-state index is 13.4. The van der Waals surface area contributed by atoms with Crippen molar-refractivity contribution in [2.75, 3.05) is 13.6 Å². The van der Waals surface area contributed by atoms with Gasteiger partial charge in [-0.05, 0) is 43.5 Å². The Morgan fingerprint density at radius 1 is 1.14 bits per heavy atom. The van der Waals surface area contributed by atoms with Gasteiger partial charge in [-0.25, -0.2) is 8.78 Å². The van der Waals surface area contributed by atoms with Crippen molar-refractivity contribution < 1.29 is 8.78 Å². The Hall–Kier alpha value is -2.64. The molecule has 1 atom stereocenters. The fourth-order valence-electron chi connectivity index (χ4n) is 3.95. The van der Waals surface area contributed by atoms with Gasteiger partial charge in [0.05, 0.1) is 17.1 Å². The van der Waals surface area contributed by atoms with Gasteiger partial charge in [0.1, 0.15) is 4.70 Å². The van der Waals surface area contributed by atoms with E-state index in [1.165, 1.54) is 11.3 Å². The minimum Gasteiger partial charge on any atom is -0.319 e. The molecule has 0 aliphatic rings. The summed E-state index contributed by atoms with van der Waals surface area (Å²) in [5, 5.41) is 6.57. The third-order valence-corrected chi connectivity index (χ3v) is 6.21. The number of halogens is 2. The molecule has 0 bridgehead atoms. The maximum atomic E-state index is 13.4. The minimum atomic E-state index is -2.44. The number of pyridine rings is 2. The second-order valence-corrected chi connectivity index (χ2v) is 8.06. The lowest BCUT2D eigenvalue weighted by molar-refractivity contribution is 0.114. The molecule has 29 heavy (non-hydrogen) atoms. The lowest BCUT2D eigenvalue weighted by Gasteiger charge is -2.17. The molecule has 0 unspecified atom stereocenters. The molecule has 0 saturated heterocycles. The largest absolute Gasteiger partial charge is 0.319 e. The number of fused-ring (bicyclic) bond motifs is 3. The van der Waals surface area contributed by atoms with E-state index in [0.29, 0.717) is 15.8 Å². The van der Waals surface area contributed by atoms with Crippen LogP contribution in [-0.4, -0.2) is 30.0 Å². The molecule has 3 heterocycles. The van der Waals surface area contributed by atoms with Crippen molar-refractivity contribution in [1.82, 2.24) is 15.3 Å². The Labute approximate surface area is 170 Å². The Balaban J connectivity index is 1.95. The number of nitrogens with one attached hydrogen (secondary N) is 2. The highest BCUT2D eigenvalue weighted by molar-refractivity contribution is 7.17. The summed E-state index contributed by atoms with van der Waals surface area (Å²) in [6.07, 6.45) is -2.44. The zero-order chi connectivity index (χ0) is 20.7. The van der Waals surface area contributed by atoms with Gasteiger partial charge in [-0.1, -0.05) is 24.3 Å². The van der Waals surface area contributed by atoms with Crippen molar-refractivity contribution in [2.45, 2.75) is 26.2 Å². The minimum absolute atomic E-state index is 0.121. The van der Waals surface area contributed by atoms with Crippen LogP contribution in [0.5, 0.6) is 0 Å². The van der Waals surface area contributed by atoms with Crippen LogP contribution in [0.2, 0.25) is 0 Å². The summed E-state index contributed by atoms with van der Waals surface area (Å²) in [7, 11) is 1.67. The van der Waals surface area contributed by atoms with Gasteiger partial charge in [-0.2, -0.15) is 0 Å². The molecule has 0 aliphatic carbocycles. The van der Waals surface area contributed by atoms with Crippen molar-refractivity contribution >= 4 is 32.3 Å². The van der Waals surface area contributed by atoms with E-state index < -0.39 is 12.3 Å². The summed E-state index contributed by atoms with van der Waals surface area (Å²) in [6.45, 7) is 4.02. The first-order valence-corrected chi connectivity index (χ1v) is 10.2. The molecule has 0 fully saturated rings. The summed E-state index contributed by atoms with van der Waals surface area (Å²) in [5.41, 5.74) is 4.59. The quantitative estimate of drug-likeness (QED) is 0.485. The van der Waals surface area contributed by atoms with Gasteiger partial charge in [-0.15, -0.1) is 11.3 Å². The zero-order valence-electron chi connectivity index (χ0n) is 16.3. The Morgan fingerprint density at radius 3 is 2.52 bits per heavy atom. The third kappa shape index (κ3) is 3.34. The number of hydrogen-bond donors (Lipinski definition) is 2. The number of benzene rings is 1. The molecule has 0 saturated carbocycles. The molecule has 0 spiro atoms. The van der Waals surface area contributed by atoms with Crippen LogP contribution in [0.3, 0.4) is 0 Å². The van der Waals surface area contributed by atoms with Crippen LogP contribution in [0.15, 0.2) is 40.5 Å². The van der Waals surface area contributed by atoms with E-state index >= 15 is 0 Å². The number of aromatic amines is 1. The number of rotatable bonds is 5. The molecule has 0 amide bonds. The van der Waals surface area contributed by atoms with Crippen molar-refractivity contribution in [3.8, 4) is 11.1 Å². The summed E-state index contributed by atoms with van der Waals surface area (Å²) in [5.74, 6) is -0.858. The Bertz CT molecular complexity index is 1250. The molecule has 150 valence electrons. The maximum Gasteiger partial charge on any atom is 0.266 e. The smallest absolute Gasteiger partial charge is 0.266 e. The molecule has 0 aliphatic heterocycles. The number of aromatic nitrogens is 2. The second kappa shape index (κ2) is 7.65. The highest BCUT2D eigenvalue weighted by Gasteiger charge is 2.22. The summed E-state index contributed by atoms with van der Waals surface area (Å²) in [6, 6.07) is 9.19. The number of alkyl halides is 2. The van der Waals surface area contributed by atoms with Gasteiger partial charge in [0, 0.05) is 28.6 Å². The van der Waals surface area contributed by atoms with Crippen LogP contribution in [-0.2, 0) is 0 Å². The fourth-order valence-corrected chi connectivity index (χ4v) is 4.74. The molecular weight excluding hydrogens is 392 g/mol. The first kappa shape index (κ1) is 19.7. The second-order valence-electron chi connectivity index (χ2n) is 7.15. The lowest BCUT2D eigenvalue weighted by Crippen LogP contribution is -2.22. The Morgan fingerprint density at radius 2 is 1.86 bits per heavy atom. The van der Waals surface area contributed by atoms with Gasteiger partial charge >= 0.3 is 0 Å². The molecule has 4 rings (SSSR count). The summed E-state index contributed by atoms with van der Waals surface area (Å²) >= 11 is 1.40. The number of nitrogens with zero attached hydrogens (tertiary/aromatic N) is 1. The van der Waals surface area contributed by atoms with Crippen LogP contribution in [0.25, 0.3) is 32.1 Å². The van der Waals surface area contributed by atoms with Gasteiger partial charge in [0.15, 0.2) is 0 Å². The average molecular weight is 413 g/mol. The van der Waals surface area contributed by atoms with Crippen LogP contribution in [0.4, 0.5) is 8.78 Å². The SMILES string of the molecule is CNC[C@@H](c1ccc(-c2c(C)nc(C)c3[nH]c(=O)c4sccc4c23)cc1)C(F)F. The molecule has 1 aromatic carbocycles. The molecule has 0 radical (unpaired) electrons. The van der Waals surface area contributed by atoms with Crippen LogP contribution < -0.4 is 10.9 Å². The number of H-pyrrole nitrogens is 1. The van der Waals surface area contributed by atoms with E-state index in [1.54, 1.807) is 19.2 Å². The molecule has 2 N–H and O–H groups in total. The van der Waals surface area contributed by atoms with Crippen LogP contribution in [0, 0.1) is 13.8 Å². The van der Waals surface area contributed by atoms with Crippen molar-refractivity contribution in [3.05, 3.63) is 63.0 Å². The normalized spacial score (nSPS) is 12.9. The van der Waals surface area contributed by atoms with Gasteiger partial charge < -0.3 is 10.3 Å². The summed E-state index contributed by atoms with van der Waals surface area (Å²) in [4.78, 5) is 20.0. The Kier molecular flexibility index (Phi) is 5.19. The monoisotopic (exact) mass is 413 g/mol. The van der Waals surface area contributed by atoms with E-state index in [1.807, 2.05) is 37.4 Å². The molecule has 4 nitrogen and oxygen atoms in total. The first-order chi connectivity index (χ1) is 13.9. The highest BCUT2D eigenvalue weighted by Crippen LogP contribution is 2.37. The van der Waals surface area contributed by atoms with Crippen molar-refractivity contribution in [3.63, 3.8) is 0 Å². The molecule has 7 heteroatoms. The number of thiophene rings is 1. The van der Waals surface area contributed by atoms with E-state index in [2.05, 4.69) is 15.3 Å². The molecular formula is C22H21F2N3OS. The zero-order valence-corrected chi connectivity index (χ0v) is 17.2. The first-order valence-electron chi connectivity index (χ1n) is 9.35. The number of hydrogen-bond acceptors (Lipinski definition) is 4. The molecule has 4 aromatic rings. The average Bonchev–Trinajstić information content (AvgIpc) is 3.18. The van der Waals surface area contributed by atoms with Crippen molar-refractivity contribution in [1.29, 1.82) is 0 Å². The summed E-state index contributed by atoms with van der Waals surface area (Å²) < 4.78 is 27.5. The lowest BCUT2D eigenvalue weighted by atomic mass is 9.93. The van der Waals surface area contributed by atoms with Gasteiger partial charge in [0.25, 0.3) is 5.56 Å². The molecule has 3 aromatic heterocycles. The van der Waals surface area contributed by atoms with Crippen molar-refractivity contribution in [2.24, 2.45) is 0 Å². The number of aryl methyl sites for hydroxylation is 2. The van der Waals surface area contributed by atoms with Gasteiger partial charge in [0.2, 0.25) is 6.43 Å². The van der Waals surface area contributed by atoms with E-state index in [0.717, 1.165) is 33.3 Å². The van der Waals surface area contributed by atoms with Crippen LogP contribution >= 0.6 is 11.3 Å². The predicted octanol–water partition coefficient (Wildman–Crippen LogP) is 4.99. The highest BCUT2D eigenvalue weighted by atomic mass is 32.1. The topological polar surface area (TPSA) is 57.8 Å². The van der Waals surface area contributed by atoms with Crippen LogP contribution in [0.1, 0.15) is 22.9 Å². The number of likely N-dealkylation sites (N-methyl/N-ethyl adjacent to an activating group) is 1. The van der Waals surface area contributed by atoms with E-state index in [9.17, 15) is 13.6 Å². The van der Waals surface area contributed by atoms with E-state index in [-0.39, 0.29) is 12.1 Å². The van der Waals surface area contributed by atoms with E-state index in [4.69, 9.17) is 0 Å².